The summed E-state index contributed by atoms with van der Waals surface area (Å²) in [7, 11) is 0. The molecule has 246 valence electrons. The molecule has 0 aromatic heterocycles. The van der Waals surface area contributed by atoms with Crippen LogP contribution in [0, 0.1) is 21.8 Å². The summed E-state index contributed by atoms with van der Waals surface area (Å²) in [6.45, 7) is 18.9. The van der Waals surface area contributed by atoms with Crippen molar-refractivity contribution < 1.29 is 23.3 Å². The van der Waals surface area contributed by atoms with Crippen LogP contribution in [0.15, 0.2) is 115 Å². The van der Waals surface area contributed by atoms with Crippen molar-refractivity contribution in [1.82, 2.24) is 0 Å². The molecule has 0 nitrogen and oxygen atoms in total. The molecule has 0 atom stereocenters. The average molecular weight is 755 g/mol. The molecule has 0 N–H and O–H groups in total. The zero-order chi connectivity index (χ0) is 30.9. The number of fused-ring (bicyclic) bond motifs is 5. The van der Waals surface area contributed by atoms with Crippen LogP contribution in [-0.4, -0.2) is 6.88 Å². The predicted molar refractivity (Wildman–Crippen MR) is 215 cm³/mol. The van der Waals surface area contributed by atoms with Crippen molar-refractivity contribution in [2.75, 3.05) is 0 Å². The van der Waals surface area contributed by atoms with E-state index in [1.165, 1.54) is 94.2 Å². The first kappa shape index (κ1) is 42.5. The van der Waals surface area contributed by atoms with Gasteiger partial charge in [-0.05, 0) is 27.2 Å². The Labute approximate surface area is 313 Å². The van der Waals surface area contributed by atoms with E-state index in [0.717, 1.165) is 0 Å². The van der Waals surface area contributed by atoms with E-state index in [2.05, 4.69) is 171 Å². The first-order valence-corrected chi connectivity index (χ1v) is 19.2. The van der Waals surface area contributed by atoms with E-state index in [-0.39, 0.29) is 50.5 Å². The molecule has 0 amide bonds. The van der Waals surface area contributed by atoms with Crippen LogP contribution in [0.4, 0.5) is 0 Å². The number of halogens is 2. The molecule has 0 aliphatic rings. The van der Waals surface area contributed by atoms with Gasteiger partial charge in [0.25, 0.3) is 0 Å². The zero-order valence-electron chi connectivity index (χ0n) is 29.3. The van der Waals surface area contributed by atoms with Gasteiger partial charge < -0.3 is 14.9 Å². The summed E-state index contributed by atoms with van der Waals surface area (Å²) in [6.07, 6.45) is 0. The van der Waals surface area contributed by atoms with Crippen LogP contribution >= 0.6 is 24.8 Å². The van der Waals surface area contributed by atoms with Crippen LogP contribution in [0.2, 0.25) is 0 Å². The number of rotatable bonds is 1. The van der Waals surface area contributed by atoms with Crippen LogP contribution in [0.5, 0.6) is 0 Å². The molecule has 0 heterocycles. The first-order chi connectivity index (χ1) is 20.5. The summed E-state index contributed by atoms with van der Waals surface area (Å²) in [6, 6.07) is 42.4. The second-order valence-corrected chi connectivity index (χ2v) is 13.6. The monoisotopic (exact) mass is 752 g/mol. The number of hydrogen-bond donors (Lipinski definition) is 0. The maximum absolute atomic E-state index is 3.06. The molecule has 47 heavy (non-hydrogen) atoms. The van der Waals surface area contributed by atoms with E-state index in [1.807, 2.05) is 0 Å². The van der Waals surface area contributed by atoms with Crippen molar-refractivity contribution in [3.63, 3.8) is 0 Å². The van der Waals surface area contributed by atoms with Crippen molar-refractivity contribution in [2.24, 2.45) is 0 Å². The quantitative estimate of drug-likeness (QED) is 0.116. The molecule has 2 radical (unpaired) electrons. The predicted octanol–water partition coefficient (Wildman–Crippen LogP) is 13.4. The van der Waals surface area contributed by atoms with E-state index in [4.69, 9.17) is 0 Å². The van der Waals surface area contributed by atoms with Crippen LogP contribution in [0.1, 0.15) is 58.2 Å². The first-order valence-electron chi connectivity index (χ1n) is 15.0. The molecule has 0 aliphatic heterocycles. The fourth-order valence-electron chi connectivity index (χ4n) is 6.04. The fraction of sp³-hybridized carbons (Fsp3) is 0.209. The Morgan fingerprint density at radius 3 is 1.49 bits per heavy atom. The molecule has 7 rings (SSSR count). The van der Waals surface area contributed by atoms with Crippen LogP contribution in [-0.2, 0) is 34.2 Å². The van der Waals surface area contributed by atoms with Gasteiger partial charge in [0, 0.05) is 0 Å². The zero-order valence-corrected chi connectivity index (χ0v) is 34.4. The van der Waals surface area contributed by atoms with Gasteiger partial charge in [-0.1, -0.05) is 138 Å². The van der Waals surface area contributed by atoms with E-state index >= 15 is 0 Å². The van der Waals surface area contributed by atoms with Gasteiger partial charge in [-0.3, -0.25) is 0 Å². The normalized spacial score (nSPS) is 10.8. The SMILES string of the molecule is CC(C)(C)c1ccc2c(c1)[cH-]c1cc(C(C)(C)C)ccc12.Cc1cc2c(-c3cccc4ccccc34)cccc2[cH-]1.Cl.Cl.[CH3-].[CH3-].[Si]=[Zr]. The second kappa shape index (κ2) is 17.3. The molecular weight excluding hydrogens is 707 g/mol. The third kappa shape index (κ3) is 9.16. The van der Waals surface area contributed by atoms with Crippen molar-refractivity contribution in [3.8, 4) is 11.1 Å². The second-order valence-electron chi connectivity index (χ2n) is 13.6. The Kier molecular flexibility index (Phi) is 15.6. The molecule has 0 unspecified atom stereocenters. The Hall–Kier alpha value is -2.48. The maximum atomic E-state index is 3.06. The minimum absolute atomic E-state index is 0. The molecular formula is C43H48Cl2SiZr-4. The third-order valence-corrected chi connectivity index (χ3v) is 8.41. The average Bonchev–Trinajstić information content (AvgIpc) is 3.56. The molecule has 0 bridgehead atoms. The molecule has 0 aliphatic carbocycles. The molecule has 0 fully saturated rings. The summed E-state index contributed by atoms with van der Waals surface area (Å²) < 4.78 is 0. The standard InChI is InChI=1S/C21H25.C20H15.2CH3.2ClH.Si.Zr/c1-20(2,3)16-7-9-18-14(12-16)11-15-13-17(21(4,5)6)8-10-19(15)18;1-14-12-16-8-5-11-19(20(16)13-14)18-10-4-7-15-6-2-3-9-17(15)18;;;;;;/h7-13H,1-6H3;2-13H,1H3;2*1H3;2*1H;;/q4*-1;;;;. The van der Waals surface area contributed by atoms with Crippen LogP contribution in [0.25, 0.3) is 54.2 Å². The minimum atomic E-state index is 0. The van der Waals surface area contributed by atoms with Gasteiger partial charge in [-0.15, -0.1) is 99.1 Å². The van der Waals surface area contributed by atoms with E-state index in [1.54, 1.807) is 0 Å². The summed E-state index contributed by atoms with van der Waals surface area (Å²) in [5.41, 5.74) is 7.18. The van der Waals surface area contributed by atoms with Crippen molar-refractivity contribution in [1.29, 1.82) is 0 Å². The summed E-state index contributed by atoms with van der Waals surface area (Å²) >= 11 is 1.36. The molecule has 0 spiro atoms. The number of benzene rings is 5. The molecule has 4 heteroatoms. The van der Waals surface area contributed by atoms with E-state index in [9.17, 15) is 0 Å². The van der Waals surface area contributed by atoms with E-state index < -0.39 is 0 Å². The van der Waals surface area contributed by atoms with Crippen molar-refractivity contribution >= 4 is 74.8 Å². The van der Waals surface area contributed by atoms with Gasteiger partial charge in [0.1, 0.15) is 0 Å². The van der Waals surface area contributed by atoms with Gasteiger partial charge in [-0.25, -0.2) is 0 Å². The number of hydrogen-bond acceptors (Lipinski definition) is 0. The van der Waals surface area contributed by atoms with Crippen LogP contribution in [0.3, 0.4) is 0 Å². The molecule has 7 aromatic rings. The van der Waals surface area contributed by atoms with E-state index in [0.29, 0.717) is 0 Å². The van der Waals surface area contributed by atoms with Gasteiger partial charge >= 0.3 is 30.2 Å². The van der Waals surface area contributed by atoms with Gasteiger partial charge in [0.05, 0.1) is 0 Å². The van der Waals surface area contributed by atoms with Gasteiger partial charge in [0.2, 0.25) is 0 Å². The third-order valence-electron chi connectivity index (χ3n) is 8.41. The van der Waals surface area contributed by atoms with Crippen molar-refractivity contribution in [3.05, 3.63) is 147 Å². The molecule has 0 saturated carbocycles. The fourth-order valence-corrected chi connectivity index (χ4v) is 6.04. The Bertz CT molecular complexity index is 1980. The summed E-state index contributed by atoms with van der Waals surface area (Å²) in [5, 5.41) is 10.8. The number of aryl methyl sites for hydroxylation is 1. The van der Waals surface area contributed by atoms with Gasteiger partial charge in [0.15, 0.2) is 0 Å². The summed E-state index contributed by atoms with van der Waals surface area (Å²) in [5.74, 6) is 0. The Morgan fingerprint density at radius 1 is 0.489 bits per heavy atom. The van der Waals surface area contributed by atoms with Gasteiger partial charge in [-0.2, -0.15) is 6.07 Å². The van der Waals surface area contributed by atoms with Crippen LogP contribution < -0.4 is 0 Å². The van der Waals surface area contributed by atoms with Crippen molar-refractivity contribution in [2.45, 2.75) is 59.3 Å². The topological polar surface area (TPSA) is 0 Å². The Balaban J connectivity index is 0.000000413. The molecule has 0 saturated heterocycles. The molecule has 7 aromatic carbocycles. The summed E-state index contributed by atoms with van der Waals surface area (Å²) in [4.78, 5) is 0. The Morgan fingerprint density at radius 2 is 0.957 bits per heavy atom.